The summed E-state index contributed by atoms with van der Waals surface area (Å²) < 4.78 is 0. The van der Waals surface area contributed by atoms with Crippen molar-refractivity contribution in [2.75, 3.05) is 0 Å². The van der Waals surface area contributed by atoms with E-state index in [1.54, 1.807) is 18.2 Å². The molecule has 0 fully saturated rings. The van der Waals surface area contributed by atoms with Crippen molar-refractivity contribution in [1.82, 2.24) is 0 Å². The lowest BCUT2D eigenvalue weighted by atomic mass is 9.94. The van der Waals surface area contributed by atoms with E-state index in [9.17, 15) is 20.1 Å². The van der Waals surface area contributed by atoms with Crippen LogP contribution in [0.4, 0.5) is 0 Å². The van der Waals surface area contributed by atoms with E-state index in [0.717, 1.165) is 18.4 Å². The van der Waals surface area contributed by atoms with Crippen molar-refractivity contribution in [2.24, 2.45) is 5.92 Å². The van der Waals surface area contributed by atoms with Crippen LogP contribution in [-0.4, -0.2) is 32.5 Å². The molecule has 0 saturated carbocycles. The maximum atomic E-state index is 11.2. The molecule has 0 spiro atoms. The lowest BCUT2D eigenvalue weighted by molar-refractivity contribution is -0.142. The highest BCUT2D eigenvalue weighted by molar-refractivity contribution is 5.69. The Morgan fingerprint density at radius 1 is 1.12 bits per heavy atom. The summed E-state index contributed by atoms with van der Waals surface area (Å²) in [6.07, 6.45) is 5.33. The minimum atomic E-state index is -0.737. The van der Waals surface area contributed by atoms with Crippen LogP contribution in [-0.2, 0) is 17.8 Å². The van der Waals surface area contributed by atoms with E-state index in [1.807, 2.05) is 6.92 Å². The highest BCUT2D eigenvalue weighted by Gasteiger charge is 2.17. The lowest BCUT2D eigenvalue weighted by Crippen LogP contribution is -2.15. The van der Waals surface area contributed by atoms with Gasteiger partial charge in [0.05, 0.1) is 18.6 Å². The molecular weight excluding hydrogens is 308 g/mol. The predicted octanol–water partition coefficient (Wildman–Crippen LogP) is 3.24. The smallest absolute Gasteiger partial charge is 0.306 e. The van der Waals surface area contributed by atoms with Gasteiger partial charge in [-0.25, -0.2) is 0 Å². The average Bonchev–Trinajstić information content (AvgIpc) is 2.56. The lowest BCUT2D eigenvalue weighted by Gasteiger charge is -2.14. The van der Waals surface area contributed by atoms with Crippen molar-refractivity contribution in [1.29, 1.82) is 0 Å². The Labute approximate surface area is 144 Å². The fraction of sp³-hybridized carbons (Fsp3) is 0.632. The number of aliphatic hydroxyl groups excluding tert-OH is 2. The van der Waals surface area contributed by atoms with Gasteiger partial charge >= 0.3 is 5.97 Å². The summed E-state index contributed by atoms with van der Waals surface area (Å²) in [5.74, 6) is -0.964. The number of aromatic hydroxyl groups is 1. The van der Waals surface area contributed by atoms with Gasteiger partial charge < -0.3 is 20.4 Å². The Bertz CT molecular complexity index is 501. The van der Waals surface area contributed by atoms with Crippen molar-refractivity contribution < 1.29 is 25.2 Å². The van der Waals surface area contributed by atoms with Crippen LogP contribution in [0.2, 0.25) is 0 Å². The van der Waals surface area contributed by atoms with Crippen molar-refractivity contribution >= 4 is 5.97 Å². The van der Waals surface area contributed by atoms with Crippen LogP contribution >= 0.6 is 0 Å². The Kier molecular flexibility index (Phi) is 9.42. The summed E-state index contributed by atoms with van der Waals surface area (Å²) in [6, 6.07) is 5.08. The largest absolute Gasteiger partial charge is 0.508 e. The molecule has 0 radical (unpaired) electrons. The quantitative estimate of drug-likeness (QED) is 0.469. The molecule has 0 aliphatic heterocycles. The molecule has 2 unspecified atom stereocenters. The maximum Gasteiger partial charge on any atom is 0.306 e. The fourth-order valence-electron chi connectivity index (χ4n) is 2.84. The van der Waals surface area contributed by atoms with Gasteiger partial charge in [0, 0.05) is 5.56 Å². The average molecular weight is 338 g/mol. The summed E-state index contributed by atoms with van der Waals surface area (Å²) in [5, 5.41) is 37.9. The normalized spacial score (nSPS) is 13.6. The molecule has 4 N–H and O–H groups in total. The third kappa shape index (κ3) is 7.32. The van der Waals surface area contributed by atoms with E-state index in [1.165, 1.54) is 0 Å². The third-order valence-corrected chi connectivity index (χ3v) is 4.43. The van der Waals surface area contributed by atoms with E-state index in [4.69, 9.17) is 5.11 Å². The van der Waals surface area contributed by atoms with Gasteiger partial charge in [-0.2, -0.15) is 0 Å². The summed E-state index contributed by atoms with van der Waals surface area (Å²) in [6.45, 7) is 1.84. The van der Waals surface area contributed by atoms with E-state index >= 15 is 0 Å². The molecule has 0 heterocycles. The fourth-order valence-corrected chi connectivity index (χ4v) is 2.84. The van der Waals surface area contributed by atoms with Crippen LogP contribution in [0.25, 0.3) is 0 Å². The van der Waals surface area contributed by atoms with Gasteiger partial charge in [-0.15, -0.1) is 0 Å². The number of aliphatic hydroxyl groups is 2. The monoisotopic (exact) mass is 338 g/mol. The standard InChI is InChI=1S/C19H30O5/c1-2-3-5-15(19(23)24)6-4-7-17(21)10-8-14-9-11-18(22)16(12-14)13-20/h9,11-12,15,17,20-22H,2-8,10,13H2,1H3,(H,23,24). The second-order valence-corrected chi connectivity index (χ2v) is 6.42. The third-order valence-electron chi connectivity index (χ3n) is 4.43. The molecule has 5 nitrogen and oxygen atoms in total. The van der Waals surface area contributed by atoms with Gasteiger partial charge in [-0.1, -0.05) is 32.3 Å². The van der Waals surface area contributed by atoms with E-state index in [2.05, 4.69) is 0 Å². The Morgan fingerprint density at radius 2 is 1.83 bits per heavy atom. The number of unbranched alkanes of at least 4 members (excludes halogenated alkanes) is 1. The molecule has 0 aliphatic carbocycles. The highest BCUT2D eigenvalue weighted by atomic mass is 16.4. The molecule has 2 atom stereocenters. The molecule has 136 valence electrons. The maximum absolute atomic E-state index is 11.2. The van der Waals surface area contributed by atoms with Gasteiger partial charge in [0.2, 0.25) is 0 Å². The minimum Gasteiger partial charge on any atom is -0.508 e. The number of aliphatic carboxylic acids is 1. The molecule has 24 heavy (non-hydrogen) atoms. The zero-order valence-corrected chi connectivity index (χ0v) is 14.4. The molecule has 1 aromatic rings. The number of hydrogen-bond acceptors (Lipinski definition) is 4. The van der Waals surface area contributed by atoms with Crippen molar-refractivity contribution in [3.8, 4) is 5.75 Å². The first kappa shape index (κ1) is 20.5. The van der Waals surface area contributed by atoms with Gasteiger partial charge in [0.1, 0.15) is 5.75 Å². The topological polar surface area (TPSA) is 98.0 Å². The van der Waals surface area contributed by atoms with E-state index < -0.39 is 12.1 Å². The number of carboxylic acid groups (broad SMARTS) is 1. The summed E-state index contributed by atoms with van der Waals surface area (Å²) >= 11 is 0. The SMILES string of the molecule is CCCCC(CCCC(O)CCc1ccc(O)c(CO)c1)C(=O)O. The van der Waals surface area contributed by atoms with Gasteiger partial charge in [-0.3, -0.25) is 4.79 Å². The Hall–Kier alpha value is -1.59. The Morgan fingerprint density at radius 3 is 2.46 bits per heavy atom. The second-order valence-electron chi connectivity index (χ2n) is 6.42. The number of benzene rings is 1. The van der Waals surface area contributed by atoms with E-state index in [-0.39, 0.29) is 18.3 Å². The number of rotatable bonds is 12. The molecule has 0 amide bonds. The molecular formula is C19H30O5. The van der Waals surface area contributed by atoms with Crippen molar-refractivity contribution in [2.45, 2.75) is 71.0 Å². The first-order valence-corrected chi connectivity index (χ1v) is 8.80. The van der Waals surface area contributed by atoms with Crippen LogP contribution in [0.5, 0.6) is 5.75 Å². The summed E-state index contributed by atoms with van der Waals surface area (Å²) in [5.41, 5.74) is 1.45. The minimum absolute atomic E-state index is 0.0774. The number of hydrogen-bond donors (Lipinski definition) is 4. The molecule has 0 aromatic heterocycles. The molecule has 1 rings (SSSR count). The summed E-state index contributed by atoms with van der Waals surface area (Å²) in [4.78, 5) is 11.2. The molecule has 1 aromatic carbocycles. The molecule has 5 heteroatoms. The first-order chi connectivity index (χ1) is 11.5. The van der Waals surface area contributed by atoms with Crippen LogP contribution in [0.1, 0.15) is 63.0 Å². The zero-order valence-electron chi connectivity index (χ0n) is 14.4. The number of aryl methyl sites for hydroxylation is 1. The molecule has 0 saturated heterocycles. The van der Waals surface area contributed by atoms with E-state index in [0.29, 0.717) is 44.1 Å². The van der Waals surface area contributed by atoms with Crippen molar-refractivity contribution in [3.05, 3.63) is 29.3 Å². The van der Waals surface area contributed by atoms with Crippen LogP contribution in [0, 0.1) is 5.92 Å². The number of phenols is 1. The van der Waals surface area contributed by atoms with Gasteiger partial charge in [0.15, 0.2) is 0 Å². The second kappa shape index (κ2) is 11.0. The highest BCUT2D eigenvalue weighted by Crippen LogP contribution is 2.21. The van der Waals surface area contributed by atoms with Crippen LogP contribution < -0.4 is 0 Å². The van der Waals surface area contributed by atoms with Gasteiger partial charge in [-0.05, 0) is 49.8 Å². The zero-order chi connectivity index (χ0) is 17.9. The van der Waals surface area contributed by atoms with Gasteiger partial charge in [0.25, 0.3) is 0 Å². The predicted molar refractivity (Wildman–Crippen MR) is 92.9 cm³/mol. The van der Waals surface area contributed by atoms with Crippen LogP contribution in [0.3, 0.4) is 0 Å². The molecule has 0 aliphatic rings. The summed E-state index contributed by atoms with van der Waals surface area (Å²) in [7, 11) is 0. The first-order valence-electron chi connectivity index (χ1n) is 8.80. The number of carbonyl (C=O) groups is 1. The molecule has 0 bridgehead atoms. The van der Waals surface area contributed by atoms with Crippen LogP contribution in [0.15, 0.2) is 18.2 Å². The van der Waals surface area contributed by atoms with Crippen molar-refractivity contribution in [3.63, 3.8) is 0 Å². The number of carboxylic acids is 1. The Balaban J connectivity index is 2.33.